The molecule has 0 atom stereocenters. The van der Waals surface area contributed by atoms with Crippen LogP contribution in [0, 0.1) is 0 Å². The molecule has 1 aliphatic rings. The number of hydrogen-bond acceptors (Lipinski definition) is 3. The molecular weight excluding hydrogens is 230 g/mol. The highest BCUT2D eigenvalue weighted by molar-refractivity contribution is 6.72. The van der Waals surface area contributed by atoms with Crippen LogP contribution >= 0.6 is 0 Å². The van der Waals surface area contributed by atoms with E-state index in [9.17, 15) is 0 Å². The molecule has 17 heavy (non-hydrogen) atoms. The van der Waals surface area contributed by atoms with Crippen LogP contribution < -0.4 is 4.57 Å². The van der Waals surface area contributed by atoms with Gasteiger partial charge in [0.25, 0.3) is 0 Å². The van der Waals surface area contributed by atoms with E-state index in [4.69, 9.17) is 8.85 Å². The minimum Gasteiger partial charge on any atom is -0.379 e. The van der Waals surface area contributed by atoms with Crippen LogP contribution in [0.5, 0.6) is 0 Å². The number of nitrogens with zero attached hydrogens (tertiary/aromatic N) is 1. The summed E-state index contributed by atoms with van der Waals surface area (Å²) in [4.78, 5) is 0. The second kappa shape index (κ2) is 5.66. The van der Waals surface area contributed by atoms with Crippen molar-refractivity contribution in [2.24, 2.45) is 0 Å². The monoisotopic (exact) mass is 251 g/mol. The molecule has 0 bridgehead atoms. The highest BCUT2D eigenvalue weighted by atomic mass is 28.4. The van der Waals surface area contributed by atoms with Crippen LogP contribution in [0.15, 0.2) is 30.3 Å². The molecule has 0 aromatic heterocycles. The third-order valence-corrected chi connectivity index (χ3v) is 6.86. The number of para-hydroxylation sites is 1. The largest absolute Gasteiger partial charge is 0.459 e. The Kier molecular flexibility index (Phi) is 4.20. The number of rotatable bonds is 5. The zero-order chi connectivity index (χ0) is 12.1. The Morgan fingerprint density at radius 1 is 1.12 bits per heavy atom. The van der Waals surface area contributed by atoms with Crippen LogP contribution in [0.1, 0.15) is 20.3 Å². The van der Waals surface area contributed by atoms with E-state index in [2.05, 4.69) is 42.7 Å². The van der Waals surface area contributed by atoms with Gasteiger partial charge in [-0.25, -0.2) is 0 Å². The molecule has 94 valence electrons. The van der Waals surface area contributed by atoms with Gasteiger partial charge >= 0.3 is 8.72 Å². The van der Waals surface area contributed by atoms with E-state index in [0.29, 0.717) is 0 Å². The standard InChI is InChI=1S/C13H21NO2Si/c1-3-15-17(16-4-2)12-8-11-14(17)13-9-6-5-7-10-13/h5-7,9-10H,3-4,8,11-12H2,1-2H3. The Balaban J connectivity index is 2.25. The van der Waals surface area contributed by atoms with Gasteiger partial charge in [-0.3, -0.25) is 0 Å². The van der Waals surface area contributed by atoms with Crippen molar-refractivity contribution in [3.05, 3.63) is 30.3 Å². The third kappa shape index (κ3) is 2.54. The molecule has 1 aromatic rings. The van der Waals surface area contributed by atoms with Gasteiger partial charge in [-0.05, 0) is 32.4 Å². The quantitative estimate of drug-likeness (QED) is 0.751. The van der Waals surface area contributed by atoms with E-state index in [1.54, 1.807) is 0 Å². The fourth-order valence-corrected chi connectivity index (χ4v) is 5.99. The molecule has 3 nitrogen and oxygen atoms in total. The molecule has 0 aliphatic carbocycles. The van der Waals surface area contributed by atoms with Crippen LogP contribution in [0.25, 0.3) is 0 Å². The number of anilines is 1. The van der Waals surface area contributed by atoms with Gasteiger partial charge < -0.3 is 13.4 Å². The first-order valence-electron chi connectivity index (χ1n) is 6.43. The third-order valence-electron chi connectivity index (χ3n) is 3.09. The lowest BCUT2D eigenvalue weighted by atomic mass is 10.3. The van der Waals surface area contributed by atoms with E-state index in [-0.39, 0.29) is 0 Å². The lowest BCUT2D eigenvalue weighted by Crippen LogP contribution is -2.55. The van der Waals surface area contributed by atoms with Crippen molar-refractivity contribution in [2.75, 3.05) is 24.3 Å². The van der Waals surface area contributed by atoms with E-state index in [1.807, 2.05) is 6.07 Å². The lowest BCUT2D eigenvalue weighted by molar-refractivity contribution is 0.186. The molecule has 1 saturated heterocycles. The van der Waals surface area contributed by atoms with Crippen molar-refractivity contribution in [3.63, 3.8) is 0 Å². The minimum atomic E-state index is -2.17. The van der Waals surface area contributed by atoms with Crippen LogP contribution in [0.4, 0.5) is 5.69 Å². The molecule has 0 radical (unpaired) electrons. The molecule has 0 N–H and O–H groups in total. The van der Waals surface area contributed by atoms with Gasteiger partial charge in [0, 0.05) is 31.5 Å². The SMILES string of the molecule is CCO[Si]1(OCC)CCCN1c1ccccc1. The topological polar surface area (TPSA) is 21.7 Å². The second-order valence-electron chi connectivity index (χ2n) is 4.17. The Bertz CT molecular complexity index is 339. The van der Waals surface area contributed by atoms with Crippen molar-refractivity contribution >= 4 is 14.4 Å². The van der Waals surface area contributed by atoms with E-state index >= 15 is 0 Å². The van der Waals surface area contributed by atoms with Gasteiger partial charge in [0.1, 0.15) is 0 Å². The minimum absolute atomic E-state index is 0.732. The number of benzene rings is 1. The summed E-state index contributed by atoms with van der Waals surface area (Å²) in [6, 6.07) is 11.6. The van der Waals surface area contributed by atoms with Gasteiger partial charge in [0.05, 0.1) is 0 Å². The predicted octanol–water partition coefficient (Wildman–Crippen LogP) is 2.91. The molecule has 2 rings (SSSR count). The average Bonchev–Trinajstić information content (AvgIpc) is 2.75. The zero-order valence-corrected chi connectivity index (χ0v) is 11.7. The van der Waals surface area contributed by atoms with E-state index in [0.717, 1.165) is 25.8 Å². The summed E-state index contributed by atoms with van der Waals surface area (Å²) < 4.78 is 14.5. The summed E-state index contributed by atoms with van der Waals surface area (Å²) in [7, 11) is -2.17. The molecule has 1 aliphatic heterocycles. The Hall–Kier alpha value is -0.843. The van der Waals surface area contributed by atoms with Gasteiger partial charge in [0.15, 0.2) is 0 Å². The van der Waals surface area contributed by atoms with Crippen LogP contribution in [-0.2, 0) is 8.85 Å². The molecule has 1 heterocycles. The summed E-state index contributed by atoms with van der Waals surface area (Å²) in [5.74, 6) is 0. The van der Waals surface area contributed by atoms with Crippen LogP contribution in [0.3, 0.4) is 0 Å². The number of hydrogen-bond donors (Lipinski definition) is 0. The molecule has 4 heteroatoms. The molecule has 0 saturated carbocycles. The zero-order valence-electron chi connectivity index (χ0n) is 10.7. The van der Waals surface area contributed by atoms with Crippen molar-refractivity contribution in [1.82, 2.24) is 0 Å². The summed E-state index contributed by atoms with van der Waals surface area (Å²) in [6.07, 6.45) is 1.17. The maximum Gasteiger partial charge on any atom is 0.459 e. The molecule has 1 fully saturated rings. The van der Waals surface area contributed by atoms with Gasteiger partial charge in [-0.1, -0.05) is 18.2 Å². The summed E-state index contributed by atoms with van der Waals surface area (Å²) in [6.45, 7) is 6.62. The maximum atomic E-state index is 6.04. The van der Waals surface area contributed by atoms with Gasteiger partial charge in [-0.15, -0.1) is 0 Å². The van der Waals surface area contributed by atoms with E-state index in [1.165, 1.54) is 12.1 Å². The molecule has 0 amide bonds. The highest BCUT2D eigenvalue weighted by Gasteiger charge is 2.49. The second-order valence-corrected chi connectivity index (χ2v) is 7.21. The van der Waals surface area contributed by atoms with Crippen molar-refractivity contribution in [2.45, 2.75) is 26.3 Å². The van der Waals surface area contributed by atoms with Crippen LogP contribution in [-0.4, -0.2) is 28.5 Å². The van der Waals surface area contributed by atoms with E-state index < -0.39 is 8.72 Å². The normalized spacial score (nSPS) is 18.6. The molecule has 0 unspecified atom stereocenters. The Labute approximate surface area is 105 Å². The fourth-order valence-electron chi connectivity index (χ4n) is 2.49. The predicted molar refractivity (Wildman–Crippen MR) is 72.2 cm³/mol. The average molecular weight is 251 g/mol. The first kappa shape index (κ1) is 12.6. The maximum absolute atomic E-state index is 6.04. The first-order valence-corrected chi connectivity index (χ1v) is 8.40. The lowest BCUT2D eigenvalue weighted by Gasteiger charge is -2.35. The van der Waals surface area contributed by atoms with Gasteiger partial charge in [0.2, 0.25) is 0 Å². The summed E-state index contributed by atoms with van der Waals surface area (Å²) in [5.41, 5.74) is 1.23. The Morgan fingerprint density at radius 3 is 2.35 bits per heavy atom. The fraction of sp³-hybridized carbons (Fsp3) is 0.538. The van der Waals surface area contributed by atoms with Crippen LogP contribution in [0.2, 0.25) is 6.04 Å². The smallest absolute Gasteiger partial charge is 0.379 e. The highest BCUT2D eigenvalue weighted by Crippen LogP contribution is 2.33. The summed E-state index contributed by atoms with van der Waals surface area (Å²) >= 11 is 0. The van der Waals surface area contributed by atoms with Crippen molar-refractivity contribution in [3.8, 4) is 0 Å². The Morgan fingerprint density at radius 2 is 1.76 bits per heavy atom. The first-order chi connectivity index (χ1) is 8.32. The van der Waals surface area contributed by atoms with Gasteiger partial charge in [-0.2, -0.15) is 0 Å². The molecule has 0 spiro atoms. The summed E-state index contributed by atoms with van der Waals surface area (Å²) in [5, 5.41) is 0. The van der Waals surface area contributed by atoms with Crippen molar-refractivity contribution in [1.29, 1.82) is 0 Å². The van der Waals surface area contributed by atoms with Crippen molar-refractivity contribution < 1.29 is 8.85 Å². The molecular formula is C13H21NO2Si. The molecule has 1 aromatic carbocycles.